The van der Waals surface area contributed by atoms with Gasteiger partial charge in [-0.15, -0.1) is 0 Å². The highest BCUT2D eigenvalue weighted by molar-refractivity contribution is 5.94. The molecule has 3 N–H and O–H groups in total. The minimum Gasteiger partial charge on any atom is -0.482 e. The van der Waals surface area contributed by atoms with E-state index in [4.69, 9.17) is 9.84 Å². The Bertz CT molecular complexity index is 470. The van der Waals surface area contributed by atoms with Crippen LogP contribution in [0.1, 0.15) is 6.92 Å². The third kappa shape index (κ3) is 6.06. The molecule has 2 amide bonds. The molecule has 0 saturated heterocycles. The molecule has 0 spiro atoms. The molecule has 7 nitrogen and oxygen atoms in total. The van der Waals surface area contributed by atoms with Gasteiger partial charge in [0.25, 0.3) is 0 Å². The zero-order valence-electron chi connectivity index (χ0n) is 10.3. The molecule has 0 aliphatic heterocycles. The monoisotopic (exact) mass is 266 g/mol. The van der Waals surface area contributed by atoms with Crippen molar-refractivity contribution in [2.75, 3.05) is 18.5 Å². The van der Waals surface area contributed by atoms with Crippen molar-refractivity contribution >= 4 is 23.5 Å². The number of amides is 2. The fraction of sp³-hybridized carbons (Fsp3) is 0.250. The molecule has 0 heterocycles. The van der Waals surface area contributed by atoms with Crippen molar-refractivity contribution in [2.24, 2.45) is 0 Å². The van der Waals surface area contributed by atoms with Gasteiger partial charge in [0.15, 0.2) is 6.61 Å². The lowest BCUT2D eigenvalue weighted by molar-refractivity contribution is -0.139. The standard InChI is InChI=1S/C12H14N2O5/c1-8(15)13-6-11(16)14-9-2-4-10(5-3-9)19-7-12(17)18/h2-5H,6-7H2,1H3,(H,13,15)(H,14,16)(H,17,18). The molecule has 1 rings (SSSR count). The Balaban J connectivity index is 2.45. The van der Waals surface area contributed by atoms with E-state index in [0.717, 1.165) is 0 Å². The van der Waals surface area contributed by atoms with Gasteiger partial charge in [0.05, 0.1) is 6.54 Å². The van der Waals surface area contributed by atoms with Gasteiger partial charge < -0.3 is 20.5 Å². The molecule has 1 aromatic carbocycles. The fourth-order valence-corrected chi connectivity index (χ4v) is 1.19. The molecule has 0 bridgehead atoms. The summed E-state index contributed by atoms with van der Waals surface area (Å²) in [6, 6.07) is 6.22. The summed E-state index contributed by atoms with van der Waals surface area (Å²) in [6.45, 7) is 0.794. The molecule has 0 saturated carbocycles. The molecule has 102 valence electrons. The Morgan fingerprint density at radius 3 is 2.37 bits per heavy atom. The summed E-state index contributed by atoms with van der Waals surface area (Å²) >= 11 is 0. The van der Waals surface area contributed by atoms with Crippen molar-refractivity contribution in [1.29, 1.82) is 0 Å². The van der Waals surface area contributed by atoms with E-state index in [0.29, 0.717) is 11.4 Å². The summed E-state index contributed by atoms with van der Waals surface area (Å²) in [5.74, 6) is -1.31. The van der Waals surface area contributed by atoms with Gasteiger partial charge in [-0.1, -0.05) is 0 Å². The Hall–Kier alpha value is -2.57. The number of ether oxygens (including phenoxy) is 1. The number of nitrogens with one attached hydrogen (secondary N) is 2. The number of rotatable bonds is 6. The number of carbonyl (C=O) groups excluding carboxylic acids is 2. The summed E-state index contributed by atoms with van der Waals surface area (Å²) in [6.07, 6.45) is 0. The van der Waals surface area contributed by atoms with Gasteiger partial charge in [-0.25, -0.2) is 4.79 Å². The molecular formula is C12H14N2O5. The SMILES string of the molecule is CC(=O)NCC(=O)Nc1ccc(OCC(=O)O)cc1. The molecule has 7 heteroatoms. The molecule has 0 unspecified atom stereocenters. The molecule has 0 radical (unpaired) electrons. The first-order valence-electron chi connectivity index (χ1n) is 5.46. The fourth-order valence-electron chi connectivity index (χ4n) is 1.19. The third-order valence-electron chi connectivity index (χ3n) is 2.00. The van der Waals surface area contributed by atoms with Crippen molar-refractivity contribution in [3.8, 4) is 5.75 Å². The van der Waals surface area contributed by atoms with Gasteiger partial charge in [-0.05, 0) is 24.3 Å². The first kappa shape index (κ1) is 14.5. The number of carboxylic acid groups (broad SMARTS) is 1. The van der Waals surface area contributed by atoms with Gasteiger partial charge in [-0.3, -0.25) is 9.59 Å². The van der Waals surface area contributed by atoms with Crippen LogP contribution < -0.4 is 15.4 Å². The maximum Gasteiger partial charge on any atom is 0.341 e. The van der Waals surface area contributed by atoms with Crippen LogP contribution in [0.5, 0.6) is 5.75 Å². The van der Waals surface area contributed by atoms with Gasteiger partial charge in [0.1, 0.15) is 5.75 Å². The predicted molar refractivity (Wildman–Crippen MR) is 66.9 cm³/mol. The van der Waals surface area contributed by atoms with Gasteiger partial charge in [0.2, 0.25) is 11.8 Å². The molecule has 1 aromatic rings. The van der Waals surface area contributed by atoms with Crippen LogP contribution in [0.3, 0.4) is 0 Å². The number of anilines is 1. The summed E-state index contributed by atoms with van der Waals surface area (Å²) < 4.78 is 4.94. The van der Waals surface area contributed by atoms with Crippen LogP contribution in [0.25, 0.3) is 0 Å². The first-order chi connectivity index (χ1) is 8.97. The summed E-state index contributed by atoms with van der Waals surface area (Å²) in [7, 11) is 0. The Morgan fingerprint density at radius 2 is 1.84 bits per heavy atom. The molecular weight excluding hydrogens is 252 g/mol. The van der Waals surface area contributed by atoms with Crippen LogP contribution >= 0.6 is 0 Å². The van der Waals surface area contributed by atoms with Crippen LogP contribution in [0.2, 0.25) is 0 Å². The quantitative estimate of drug-likeness (QED) is 0.683. The largest absolute Gasteiger partial charge is 0.482 e. The topological polar surface area (TPSA) is 105 Å². The smallest absolute Gasteiger partial charge is 0.341 e. The lowest BCUT2D eigenvalue weighted by Crippen LogP contribution is -2.31. The highest BCUT2D eigenvalue weighted by atomic mass is 16.5. The summed E-state index contributed by atoms with van der Waals surface area (Å²) in [4.78, 5) is 32.3. The second-order valence-corrected chi connectivity index (χ2v) is 3.66. The number of hydrogen-bond donors (Lipinski definition) is 3. The van der Waals surface area contributed by atoms with Crippen LogP contribution in [0, 0.1) is 0 Å². The molecule has 0 atom stereocenters. The van der Waals surface area contributed by atoms with Crippen LogP contribution in [-0.2, 0) is 14.4 Å². The van der Waals surface area contributed by atoms with Crippen LogP contribution in [-0.4, -0.2) is 36.0 Å². The van der Waals surface area contributed by atoms with E-state index in [-0.39, 0.29) is 18.4 Å². The number of benzene rings is 1. The molecule has 0 aliphatic carbocycles. The average Bonchev–Trinajstić information content (AvgIpc) is 2.35. The molecule has 0 aromatic heterocycles. The minimum atomic E-state index is -1.06. The normalized spacial score (nSPS) is 9.53. The highest BCUT2D eigenvalue weighted by Gasteiger charge is 2.04. The zero-order chi connectivity index (χ0) is 14.3. The second-order valence-electron chi connectivity index (χ2n) is 3.66. The van der Waals surface area contributed by atoms with E-state index < -0.39 is 12.6 Å². The number of carboxylic acids is 1. The van der Waals surface area contributed by atoms with E-state index in [1.54, 1.807) is 12.1 Å². The first-order valence-corrected chi connectivity index (χ1v) is 5.46. The third-order valence-corrected chi connectivity index (χ3v) is 2.00. The van der Waals surface area contributed by atoms with Crippen molar-refractivity contribution < 1.29 is 24.2 Å². The Labute approximate surface area is 109 Å². The number of hydrogen-bond acceptors (Lipinski definition) is 4. The van der Waals surface area contributed by atoms with Crippen molar-refractivity contribution in [1.82, 2.24) is 5.32 Å². The van der Waals surface area contributed by atoms with E-state index in [9.17, 15) is 14.4 Å². The lowest BCUT2D eigenvalue weighted by Gasteiger charge is -2.07. The molecule has 0 fully saturated rings. The Kier molecular flexibility index (Phi) is 5.34. The number of carbonyl (C=O) groups is 3. The predicted octanol–water partition coefficient (Wildman–Crippen LogP) is 0.225. The number of aliphatic carboxylic acids is 1. The van der Waals surface area contributed by atoms with Gasteiger partial charge >= 0.3 is 5.97 Å². The van der Waals surface area contributed by atoms with E-state index >= 15 is 0 Å². The lowest BCUT2D eigenvalue weighted by atomic mass is 10.3. The van der Waals surface area contributed by atoms with E-state index in [1.807, 2.05) is 0 Å². The zero-order valence-corrected chi connectivity index (χ0v) is 10.3. The molecule has 0 aliphatic rings. The van der Waals surface area contributed by atoms with Crippen molar-refractivity contribution in [3.05, 3.63) is 24.3 Å². The van der Waals surface area contributed by atoms with Crippen molar-refractivity contribution in [2.45, 2.75) is 6.92 Å². The van der Waals surface area contributed by atoms with Crippen LogP contribution in [0.15, 0.2) is 24.3 Å². The van der Waals surface area contributed by atoms with Crippen molar-refractivity contribution in [3.63, 3.8) is 0 Å². The van der Waals surface area contributed by atoms with E-state index in [2.05, 4.69) is 10.6 Å². The summed E-state index contributed by atoms with van der Waals surface area (Å²) in [5, 5.41) is 13.4. The average molecular weight is 266 g/mol. The van der Waals surface area contributed by atoms with Gasteiger partial charge in [-0.2, -0.15) is 0 Å². The highest BCUT2D eigenvalue weighted by Crippen LogP contribution is 2.15. The van der Waals surface area contributed by atoms with E-state index in [1.165, 1.54) is 19.1 Å². The molecule has 19 heavy (non-hydrogen) atoms. The van der Waals surface area contributed by atoms with Gasteiger partial charge in [0, 0.05) is 12.6 Å². The maximum atomic E-state index is 11.4. The second kappa shape index (κ2) is 7.00. The Morgan fingerprint density at radius 1 is 1.21 bits per heavy atom. The maximum absolute atomic E-state index is 11.4. The minimum absolute atomic E-state index is 0.105. The summed E-state index contributed by atoms with van der Waals surface area (Å²) in [5.41, 5.74) is 0.526. The van der Waals surface area contributed by atoms with Crippen LogP contribution in [0.4, 0.5) is 5.69 Å².